The van der Waals surface area contributed by atoms with Crippen LogP contribution in [0.1, 0.15) is 35.2 Å². The predicted octanol–water partition coefficient (Wildman–Crippen LogP) is 5.81. The number of aromatic nitrogens is 1. The number of halogens is 4. The smallest absolute Gasteiger partial charge is 0.407 e. The molecule has 15 heteroatoms. The van der Waals surface area contributed by atoms with E-state index in [1.807, 2.05) is 0 Å². The summed E-state index contributed by atoms with van der Waals surface area (Å²) in [6.45, 7) is 1.04. The van der Waals surface area contributed by atoms with Crippen molar-refractivity contribution < 1.29 is 41.3 Å². The predicted molar refractivity (Wildman–Crippen MR) is 160 cm³/mol. The maximum absolute atomic E-state index is 14.2. The zero-order valence-electron chi connectivity index (χ0n) is 24.7. The summed E-state index contributed by atoms with van der Waals surface area (Å²) < 4.78 is 73.5. The molecule has 2 heterocycles. The molecule has 10 nitrogen and oxygen atoms in total. The SMILES string of the molecule is Cc1c(-c2cc(F)cc(F)c2)cnc(N2CCCC(F)(F)CC2)c1C(=O)Nc1cccc(S(C)(=O)=NC(=O)CN(C)C(=O)O)c1. The Hall–Kier alpha value is -4.53. The van der Waals surface area contributed by atoms with E-state index in [9.17, 15) is 36.2 Å². The Balaban J connectivity index is 1.73. The van der Waals surface area contributed by atoms with Gasteiger partial charge in [0.05, 0.1) is 15.3 Å². The van der Waals surface area contributed by atoms with Gasteiger partial charge in [-0.05, 0) is 54.8 Å². The molecule has 0 bridgehead atoms. The van der Waals surface area contributed by atoms with Crippen LogP contribution in [0.25, 0.3) is 11.1 Å². The summed E-state index contributed by atoms with van der Waals surface area (Å²) in [5.41, 5.74) is 0.787. The van der Waals surface area contributed by atoms with Crippen molar-refractivity contribution >= 4 is 39.1 Å². The van der Waals surface area contributed by atoms with Crippen molar-refractivity contribution in [1.82, 2.24) is 9.88 Å². The number of hydrogen-bond acceptors (Lipinski definition) is 6. The van der Waals surface area contributed by atoms with Gasteiger partial charge < -0.3 is 20.2 Å². The van der Waals surface area contributed by atoms with Gasteiger partial charge in [-0.15, -0.1) is 0 Å². The first-order valence-electron chi connectivity index (χ1n) is 13.8. The number of carbonyl (C=O) groups is 3. The lowest BCUT2D eigenvalue weighted by atomic mass is 9.97. The Kier molecular flexibility index (Phi) is 9.80. The number of pyridine rings is 1. The molecule has 0 radical (unpaired) electrons. The van der Waals surface area contributed by atoms with Gasteiger partial charge in [-0.3, -0.25) is 9.59 Å². The van der Waals surface area contributed by atoms with Crippen LogP contribution < -0.4 is 10.2 Å². The van der Waals surface area contributed by atoms with E-state index < -0.39 is 58.2 Å². The van der Waals surface area contributed by atoms with Crippen LogP contribution in [0.15, 0.2) is 57.9 Å². The molecule has 3 amide bonds. The van der Waals surface area contributed by atoms with Crippen LogP contribution in [0.5, 0.6) is 0 Å². The first kappa shape index (κ1) is 33.4. The molecule has 240 valence electrons. The van der Waals surface area contributed by atoms with Crippen molar-refractivity contribution in [2.75, 3.05) is 43.2 Å². The minimum atomic E-state index is -3.36. The molecule has 1 fully saturated rings. The van der Waals surface area contributed by atoms with E-state index >= 15 is 0 Å². The Bertz CT molecular complexity index is 1760. The lowest BCUT2D eigenvalue weighted by Crippen LogP contribution is -2.30. The standard InChI is InChI=1S/C30H31F4N5O5S/c1-18-24(19-12-20(31)14-21(32)13-19)16-35-27(39-10-5-8-30(33,34)9-11-39)26(18)28(41)36-22-6-4-7-23(15-22)45(3,44)37-25(40)17-38(2)29(42)43/h4,6-7,12-16H,5,8-11,17H2,1-3H3,(H,36,41)(H,42,43). The van der Waals surface area contributed by atoms with Gasteiger partial charge in [0.1, 0.15) is 24.0 Å². The molecule has 2 N–H and O–H groups in total. The summed E-state index contributed by atoms with van der Waals surface area (Å²) in [7, 11) is -2.20. The van der Waals surface area contributed by atoms with E-state index in [0.717, 1.165) is 19.2 Å². The Morgan fingerprint density at radius 3 is 2.47 bits per heavy atom. The second-order valence-electron chi connectivity index (χ2n) is 10.8. The fourth-order valence-corrected chi connectivity index (χ4v) is 6.15. The molecule has 1 saturated heterocycles. The minimum Gasteiger partial charge on any atom is -0.465 e. The van der Waals surface area contributed by atoms with Gasteiger partial charge in [-0.1, -0.05) is 6.07 Å². The third-order valence-corrected chi connectivity index (χ3v) is 8.92. The largest absolute Gasteiger partial charge is 0.465 e. The first-order valence-corrected chi connectivity index (χ1v) is 15.7. The summed E-state index contributed by atoms with van der Waals surface area (Å²) >= 11 is 0. The van der Waals surface area contributed by atoms with Crippen molar-refractivity contribution in [2.45, 2.75) is 37.0 Å². The van der Waals surface area contributed by atoms with Gasteiger partial charge >= 0.3 is 6.09 Å². The van der Waals surface area contributed by atoms with Crippen LogP contribution in [0.4, 0.5) is 33.9 Å². The summed E-state index contributed by atoms with van der Waals surface area (Å²) in [6, 6.07) is 8.57. The molecule has 0 spiro atoms. The van der Waals surface area contributed by atoms with Gasteiger partial charge in [0.25, 0.3) is 11.8 Å². The van der Waals surface area contributed by atoms with Gasteiger partial charge in [0.2, 0.25) is 5.92 Å². The zero-order chi connectivity index (χ0) is 33.1. The third-order valence-electron chi connectivity index (χ3n) is 7.24. The highest BCUT2D eigenvalue weighted by Crippen LogP contribution is 2.35. The van der Waals surface area contributed by atoms with Gasteiger partial charge in [0, 0.05) is 67.6 Å². The minimum absolute atomic E-state index is 0.0124. The highest BCUT2D eigenvalue weighted by Gasteiger charge is 2.34. The Morgan fingerprint density at radius 2 is 1.80 bits per heavy atom. The number of alkyl halides is 2. The topological polar surface area (TPSA) is 132 Å². The van der Waals surface area contributed by atoms with E-state index in [0.29, 0.717) is 11.0 Å². The second kappa shape index (κ2) is 13.2. The Morgan fingerprint density at radius 1 is 1.11 bits per heavy atom. The molecule has 1 aromatic heterocycles. The number of carboxylic acid groups (broad SMARTS) is 1. The molecule has 3 aromatic rings. The first-order chi connectivity index (χ1) is 21.1. The van der Waals surface area contributed by atoms with E-state index in [2.05, 4.69) is 14.7 Å². The van der Waals surface area contributed by atoms with Gasteiger partial charge in [-0.2, -0.15) is 4.36 Å². The lowest BCUT2D eigenvalue weighted by molar-refractivity contribution is -0.118. The number of nitrogens with one attached hydrogen (secondary N) is 1. The number of anilines is 2. The maximum Gasteiger partial charge on any atom is 0.407 e. The van der Waals surface area contributed by atoms with E-state index in [1.54, 1.807) is 11.8 Å². The number of carbonyl (C=O) groups excluding carboxylic acids is 2. The quantitative estimate of drug-likeness (QED) is 0.309. The average Bonchev–Trinajstić information content (AvgIpc) is 3.12. The molecular formula is C30H31F4N5O5S. The van der Waals surface area contributed by atoms with Crippen molar-refractivity contribution in [2.24, 2.45) is 4.36 Å². The fourth-order valence-electron chi connectivity index (χ4n) is 4.93. The molecule has 1 atom stereocenters. The van der Waals surface area contributed by atoms with Crippen LogP contribution in [-0.4, -0.2) is 76.0 Å². The van der Waals surface area contributed by atoms with Crippen LogP contribution >= 0.6 is 0 Å². The average molecular weight is 650 g/mol. The molecule has 1 aliphatic rings. The highest BCUT2D eigenvalue weighted by atomic mass is 32.2. The van der Waals surface area contributed by atoms with Crippen LogP contribution in [0, 0.1) is 18.6 Å². The van der Waals surface area contributed by atoms with E-state index in [1.165, 1.54) is 36.7 Å². The zero-order valence-corrected chi connectivity index (χ0v) is 25.5. The molecule has 45 heavy (non-hydrogen) atoms. The van der Waals surface area contributed by atoms with Crippen molar-refractivity contribution in [3.05, 3.63) is 71.4 Å². The highest BCUT2D eigenvalue weighted by molar-refractivity contribution is 7.93. The monoisotopic (exact) mass is 649 g/mol. The van der Waals surface area contributed by atoms with Crippen LogP contribution in [0.3, 0.4) is 0 Å². The molecule has 0 aliphatic carbocycles. The maximum atomic E-state index is 14.2. The van der Waals surface area contributed by atoms with Gasteiger partial charge in [-0.25, -0.2) is 31.5 Å². The molecule has 2 aromatic carbocycles. The summed E-state index contributed by atoms with van der Waals surface area (Å²) in [5.74, 6) is -6.10. The van der Waals surface area contributed by atoms with Gasteiger partial charge in [0.15, 0.2) is 0 Å². The number of likely N-dealkylation sites (N-methyl/N-ethyl adjacent to an activating group) is 1. The van der Waals surface area contributed by atoms with Crippen molar-refractivity contribution in [3.63, 3.8) is 0 Å². The Labute approximate surface area is 257 Å². The van der Waals surface area contributed by atoms with Crippen molar-refractivity contribution in [1.29, 1.82) is 0 Å². The number of amides is 3. The fraction of sp³-hybridized carbons (Fsp3) is 0.333. The van der Waals surface area contributed by atoms with Crippen LogP contribution in [-0.2, 0) is 14.5 Å². The third kappa shape index (κ3) is 8.15. The van der Waals surface area contributed by atoms with E-state index in [-0.39, 0.29) is 64.6 Å². The lowest BCUT2D eigenvalue weighted by Gasteiger charge is -2.26. The number of benzene rings is 2. The molecule has 4 rings (SSSR count). The normalized spacial score (nSPS) is 15.8. The number of rotatable bonds is 7. The summed E-state index contributed by atoms with van der Waals surface area (Å²) in [6.07, 6.45) is 0.525. The summed E-state index contributed by atoms with van der Waals surface area (Å²) in [5, 5.41) is 11.7. The number of hydrogen-bond donors (Lipinski definition) is 2. The second-order valence-corrected chi connectivity index (χ2v) is 13.0. The molecular weight excluding hydrogens is 618 g/mol. The molecule has 0 saturated carbocycles. The molecule has 1 aliphatic heterocycles. The van der Waals surface area contributed by atoms with E-state index in [4.69, 9.17) is 5.11 Å². The number of nitrogens with zero attached hydrogens (tertiary/aromatic N) is 4. The molecule has 1 unspecified atom stereocenters. The van der Waals surface area contributed by atoms with Crippen molar-refractivity contribution in [3.8, 4) is 11.1 Å². The summed E-state index contributed by atoms with van der Waals surface area (Å²) in [4.78, 5) is 43.9. The van der Waals surface area contributed by atoms with Crippen LogP contribution in [0.2, 0.25) is 0 Å².